The summed E-state index contributed by atoms with van der Waals surface area (Å²) in [4.78, 5) is 15.5. The van der Waals surface area contributed by atoms with E-state index in [-0.39, 0.29) is 5.97 Å². The van der Waals surface area contributed by atoms with Gasteiger partial charge in [-0.3, -0.25) is 0 Å². The highest BCUT2D eigenvalue weighted by Gasteiger charge is 2.09. The number of rotatable bonds is 4. The monoisotopic (exact) mass is 356 g/mol. The Labute approximate surface area is 119 Å². The molecule has 0 radical (unpaired) electrons. The van der Waals surface area contributed by atoms with Gasteiger partial charge in [0.15, 0.2) is 5.69 Å². The summed E-state index contributed by atoms with van der Waals surface area (Å²) in [6.07, 6.45) is 3.35. The first kappa shape index (κ1) is 13.1. The maximum Gasteiger partial charge on any atom is 0.358 e. The average molecular weight is 356 g/mol. The third-order valence-corrected chi connectivity index (χ3v) is 3.12. The standard InChI is InChI=1S/C13H13IN2O2/c1-2-18-13(17)12-8-16(9-15-12)7-10-3-5-11(14)6-4-10/h3-6,8-9H,2,7H2,1H3. The van der Waals surface area contributed by atoms with E-state index in [4.69, 9.17) is 4.74 Å². The maximum absolute atomic E-state index is 11.5. The quantitative estimate of drug-likeness (QED) is 0.625. The summed E-state index contributed by atoms with van der Waals surface area (Å²) in [5, 5.41) is 0. The highest BCUT2D eigenvalue weighted by Crippen LogP contribution is 2.09. The fourth-order valence-electron chi connectivity index (χ4n) is 1.56. The minimum Gasteiger partial charge on any atom is -0.461 e. The van der Waals surface area contributed by atoms with Gasteiger partial charge < -0.3 is 9.30 Å². The van der Waals surface area contributed by atoms with Crippen LogP contribution < -0.4 is 0 Å². The molecule has 0 aliphatic heterocycles. The predicted octanol–water partition coefficient (Wildman–Crippen LogP) is 2.71. The molecule has 0 aliphatic carbocycles. The lowest BCUT2D eigenvalue weighted by Gasteiger charge is -2.02. The van der Waals surface area contributed by atoms with Crippen molar-refractivity contribution in [2.45, 2.75) is 13.5 Å². The molecule has 0 aliphatic rings. The van der Waals surface area contributed by atoms with Crippen LogP contribution in [0.1, 0.15) is 23.0 Å². The Bertz CT molecular complexity index is 534. The molecule has 0 bridgehead atoms. The van der Waals surface area contributed by atoms with Gasteiger partial charge in [-0.25, -0.2) is 9.78 Å². The van der Waals surface area contributed by atoms with E-state index in [0.29, 0.717) is 18.8 Å². The number of aromatic nitrogens is 2. The van der Waals surface area contributed by atoms with Gasteiger partial charge in [-0.2, -0.15) is 0 Å². The van der Waals surface area contributed by atoms with Crippen molar-refractivity contribution >= 4 is 28.6 Å². The Hall–Kier alpha value is -1.37. The summed E-state index contributed by atoms with van der Waals surface area (Å²) < 4.78 is 7.96. The number of hydrogen-bond acceptors (Lipinski definition) is 3. The minimum absolute atomic E-state index is 0.349. The van der Waals surface area contributed by atoms with Crippen LogP contribution in [0, 0.1) is 3.57 Å². The highest BCUT2D eigenvalue weighted by molar-refractivity contribution is 14.1. The number of halogens is 1. The molecule has 1 aromatic heterocycles. The van der Waals surface area contributed by atoms with E-state index in [1.54, 1.807) is 19.4 Å². The van der Waals surface area contributed by atoms with Gasteiger partial charge in [0.2, 0.25) is 0 Å². The lowest BCUT2D eigenvalue weighted by Crippen LogP contribution is -2.05. The minimum atomic E-state index is -0.376. The van der Waals surface area contributed by atoms with E-state index in [1.165, 1.54) is 9.13 Å². The smallest absolute Gasteiger partial charge is 0.358 e. The first-order chi connectivity index (χ1) is 8.69. The van der Waals surface area contributed by atoms with Crippen LogP contribution in [0.2, 0.25) is 0 Å². The molecule has 0 atom stereocenters. The average Bonchev–Trinajstić information content (AvgIpc) is 2.81. The van der Waals surface area contributed by atoms with Gasteiger partial charge in [-0.05, 0) is 47.2 Å². The second kappa shape index (κ2) is 5.99. The molecule has 18 heavy (non-hydrogen) atoms. The third-order valence-electron chi connectivity index (χ3n) is 2.40. The number of ether oxygens (including phenoxy) is 1. The SMILES string of the molecule is CCOC(=O)c1cn(Cc2ccc(I)cc2)cn1. The van der Waals surface area contributed by atoms with Crippen molar-refractivity contribution < 1.29 is 9.53 Å². The molecule has 1 aromatic carbocycles. The lowest BCUT2D eigenvalue weighted by atomic mass is 10.2. The van der Waals surface area contributed by atoms with Gasteiger partial charge in [0, 0.05) is 16.3 Å². The van der Waals surface area contributed by atoms with Gasteiger partial charge in [-0.1, -0.05) is 12.1 Å². The molecule has 0 spiro atoms. The molecule has 94 valence electrons. The zero-order valence-corrected chi connectivity index (χ0v) is 12.1. The van der Waals surface area contributed by atoms with Crippen LogP contribution in [0.3, 0.4) is 0 Å². The van der Waals surface area contributed by atoms with E-state index >= 15 is 0 Å². The number of esters is 1. The normalized spacial score (nSPS) is 10.3. The molecule has 0 N–H and O–H groups in total. The molecule has 2 aromatic rings. The fraction of sp³-hybridized carbons (Fsp3) is 0.231. The number of benzene rings is 1. The number of carbonyl (C=O) groups is 1. The predicted molar refractivity (Wildman–Crippen MR) is 76.4 cm³/mol. The van der Waals surface area contributed by atoms with Gasteiger partial charge >= 0.3 is 5.97 Å². The second-order valence-electron chi connectivity index (χ2n) is 3.78. The highest BCUT2D eigenvalue weighted by atomic mass is 127. The third kappa shape index (κ3) is 3.32. The van der Waals surface area contributed by atoms with Crippen molar-refractivity contribution in [2.24, 2.45) is 0 Å². The fourth-order valence-corrected chi connectivity index (χ4v) is 1.92. The van der Waals surface area contributed by atoms with Crippen molar-refractivity contribution in [3.8, 4) is 0 Å². The maximum atomic E-state index is 11.5. The Balaban J connectivity index is 2.06. The van der Waals surface area contributed by atoms with Crippen LogP contribution in [0.15, 0.2) is 36.8 Å². The van der Waals surface area contributed by atoms with E-state index in [0.717, 1.165) is 0 Å². The number of hydrogen-bond donors (Lipinski definition) is 0. The molecular formula is C13H13IN2O2. The molecule has 1 heterocycles. The zero-order chi connectivity index (χ0) is 13.0. The van der Waals surface area contributed by atoms with Crippen LogP contribution in [-0.4, -0.2) is 22.1 Å². The molecule has 0 amide bonds. The Kier molecular flexibility index (Phi) is 4.35. The van der Waals surface area contributed by atoms with Gasteiger partial charge in [0.05, 0.1) is 12.9 Å². The van der Waals surface area contributed by atoms with Crippen LogP contribution in [0.25, 0.3) is 0 Å². The van der Waals surface area contributed by atoms with Crippen molar-refractivity contribution in [3.05, 3.63) is 51.6 Å². The number of imidazole rings is 1. The number of carbonyl (C=O) groups excluding carboxylic acids is 1. The van der Waals surface area contributed by atoms with Gasteiger partial charge in [0.25, 0.3) is 0 Å². The van der Waals surface area contributed by atoms with Gasteiger partial charge in [-0.15, -0.1) is 0 Å². The zero-order valence-electron chi connectivity index (χ0n) is 9.97. The van der Waals surface area contributed by atoms with Crippen molar-refractivity contribution in [3.63, 3.8) is 0 Å². The summed E-state index contributed by atoms with van der Waals surface area (Å²) in [5.41, 5.74) is 1.52. The first-order valence-electron chi connectivity index (χ1n) is 5.62. The van der Waals surface area contributed by atoms with E-state index in [9.17, 15) is 4.79 Å². The molecule has 0 saturated heterocycles. The number of nitrogens with zero attached hydrogens (tertiary/aromatic N) is 2. The van der Waals surface area contributed by atoms with Crippen LogP contribution in [0.4, 0.5) is 0 Å². The van der Waals surface area contributed by atoms with Crippen LogP contribution in [-0.2, 0) is 11.3 Å². The first-order valence-corrected chi connectivity index (χ1v) is 6.70. The molecule has 4 nitrogen and oxygen atoms in total. The van der Waals surface area contributed by atoms with Crippen LogP contribution in [0.5, 0.6) is 0 Å². The van der Waals surface area contributed by atoms with Crippen molar-refractivity contribution in [2.75, 3.05) is 6.61 Å². The summed E-state index contributed by atoms with van der Waals surface area (Å²) >= 11 is 2.27. The van der Waals surface area contributed by atoms with Gasteiger partial charge in [0.1, 0.15) is 0 Å². The summed E-state index contributed by atoms with van der Waals surface area (Å²) in [5.74, 6) is -0.376. The second-order valence-corrected chi connectivity index (χ2v) is 5.02. The molecule has 0 saturated carbocycles. The van der Waals surface area contributed by atoms with Crippen molar-refractivity contribution in [1.29, 1.82) is 0 Å². The molecule has 0 fully saturated rings. The summed E-state index contributed by atoms with van der Waals surface area (Å²) in [6, 6.07) is 8.23. The largest absolute Gasteiger partial charge is 0.461 e. The summed E-state index contributed by atoms with van der Waals surface area (Å²) in [6.45, 7) is 2.84. The molecular weight excluding hydrogens is 343 g/mol. The van der Waals surface area contributed by atoms with E-state index in [1.807, 2.05) is 4.57 Å². The van der Waals surface area contributed by atoms with Crippen molar-refractivity contribution in [1.82, 2.24) is 9.55 Å². The molecule has 2 rings (SSSR count). The molecule has 5 heteroatoms. The van der Waals surface area contributed by atoms with E-state index < -0.39 is 0 Å². The lowest BCUT2D eigenvalue weighted by molar-refractivity contribution is 0.0520. The van der Waals surface area contributed by atoms with E-state index in [2.05, 4.69) is 51.8 Å². The van der Waals surface area contributed by atoms with Crippen LogP contribution >= 0.6 is 22.6 Å². The summed E-state index contributed by atoms with van der Waals surface area (Å²) in [7, 11) is 0. The Morgan fingerprint density at radius 2 is 2.11 bits per heavy atom. The Morgan fingerprint density at radius 1 is 1.39 bits per heavy atom. The topological polar surface area (TPSA) is 44.1 Å². The Morgan fingerprint density at radius 3 is 2.78 bits per heavy atom. The molecule has 0 unspecified atom stereocenters.